The maximum absolute atomic E-state index is 12.3. The molecule has 0 saturated heterocycles. The number of hydrogen-bond acceptors (Lipinski definition) is 5. The van der Waals surface area contributed by atoms with Crippen molar-refractivity contribution in [2.45, 2.75) is 0 Å². The van der Waals surface area contributed by atoms with Crippen molar-refractivity contribution in [3.8, 4) is 11.5 Å². The van der Waals surface area contributed by atoms with Gasteiger partial charge in [0, 0.05) is 5.38 Å². The minimum Gasteiger partial charge on any atom is -0.496 e. The van der Waals surface area contributed by atoms with E-state index in [0.717, 1.165) is 0 Å². The third-order valence-electron chi connectivity index (χ3n) is 2.32. The molecule has 1 aromatic carbocycles. The molecule has 0 amide bonds. The van der Waals surface area contributed by atoms with Gasteiger partial charge in [0.25, 0.3) is 0 Å². The van der Waals surface area contributed by atoms with Crippen molar-refractivity contribution >= 4 is 17.1 Å². The fourth-order valence-corrected chi connectivity index (χ4v) is 2.06. The van der Waals surface area contributed by atoms with Gasteiger partial charge in [-0.25, -0.2) is 4.98 Å². The van der Waals surface area contributed by atoms with E-state index < -0.39 is 0 Å². The molecule has 2 rings (SSSR count). The average Bonchev–Trinajstić information content (AvgIpc) is 2.90. The Balaban J connectivity index is 2.53. The Bertz CT molecular complexity index is 500. The van der Waals surface area contributed by atoms with E-state index in [-0.39, 0.29) is 5.78 Å². The highest BCUT2D eigenvalue weighted by atomic mass is 32.1. The number of carbonyl (C=O) groups is 1. The van der Waals surface area contributed by atoms with E-state index in [1.807, 2.05) is 0 Å². The van der Waals surface area contributed by atoms with E-state index >= 15 is 0 Å². The smallest absolute Gasteiger partial charge is 0.219 e. The number of carbonyl (C=O) groups excluding carboxylic acids is 1. The number of ether oxygens (including phenoxy) is 2. The Hall–Kier alpha value is -1.88. The molecule has 1 heterocycles. The van der Waals surface area contributed by atoms with Crippen LogP contribution < -0.4 is 9.47 Å². The van der Waals surface area contributed by atoms with Gasteiger partial charge in [-0.05, 0) is 12.1 Å². The van der Waals surface area contributed by atoms with E-state index in [0.29, 0.717) is 22.8 Å². The number of nitrogens with zero attached hydrogens (tertiary/aromatic N) is 1. The third kappa shape index (κ3) is 2.14. The monoisotopic (exact) mass is 249 g/mol. The quantitative estimate of drug-likeness (QED) is 0.781. The molecule has 0 saturated carbocycles. The van der Waals surface area contributed by atoms with Crippen LogP contribution in [0.25, 0.3) is 0 Å². The molecule has 17 heavy (non-hydrogen) atoms. The molecule has 0 spiro atoms. The van der Waals surface area contributed by atoms with Crippen LogP contribution >= 0.6 is 11.3 Å². The minimum absolute atomic E-state index is 0.194. The average molecular weight is 249 g/mol. The number of benzene rings is 1. The Morgan fingerprint density at radius 2 is 1.88 bits per heavy atom. The first kappa shape index (κ1) is 11.6. The van der Waals surface area contributed by atoms with Crippen molar-refractivity contribution in [1.82, 2.24) is 4.98 Å². The van der Waals surface area contributed by atoms with Gasteiger partial charge in [-0.2, -0.15) is 0 Å². The molecule has 0 aliphatic rings. The number of methoxy groups -OCH3 is 2. The zero-order valence-corrected chi connectivity index (χ0v) is 10.3. The van der Waals surface area contributed by atoms with Crippen LogP contribution in [0.3, 0.4) is 0 Å². The third-order valence-corrected chi connectivity index (χ3v) is 2.91. The highest BCUT2D eigenvalue weighted by molar-refractivity contribution is 7.07. The summed E-state index contributed by atoms with van der Waals surface area (Å²) in [5.41, 5.74) is 2.43. The second-order valence-electron chi connectivity index (χ2n) is 3.24. The predicted octanol–water partition coefficient (Wildman–Crippen LogP) is 2.39. The second-order valence-corrected chi connectivity index (χ2v) is 3.96. The molecule has 0 aliphatic carbocycles. The van der Waals surface area contributed by atoms with Gasteiger partial charge in [0.05, 0.1) is 19.7 Å². The van der Waals surface area contributed by atoms with Crippen LogP contribution in [0.4, 0.5) is 0 Å². The van der Waals surface area contributed by atoms with E-state index in [1.54, 1.807) is 29.1 Å². The van der Waals surface area contributed by atoms with Gasteiger partial charge in [-0.15, -0.1) is 11.3 Å². The fourth-order valence-electron chi connectivity index (χ4n) is 1.53. The minimum atomic E-state index is -0.194. The SMILES string of the molecule is COc1cccc(OC)c1C(=O)c1cscn1. The Morgan fingerprint density at radius 3 is 2.35 bits per heavy atom. The first-order valence-corrected chi connectivity index (χ1v) is 5.86. The predicted molar refractivity (Wildman–Crippen MR) is 65.1 cm³/mol. The van der Waals surface area contributed by atoms with Crippen molar-refractivity contribution in [1.29, 1.82) is 0 Å². The first-order valence-electron chi connectivity index (χ1n) is 4.91. The van der Waals surface area contributed by atoms with Crippen molar-refractivity contribution in [2.24, 2.45) is 0 Å². The number of hydrogen-bond donors (Lipinski definition) is 0. The Labute approximate surface area is 103 Å². The number of ketones is 1. The molecule has 0 atom stereocenters. The summed E-state index contributed by atoms with van der Waals surface area (Å²) in [6.07, 6.45) is 0. The lowest BCUT2D eigenvalue weighted by Crippen LogP contribution is -2.06. The fraction of sp³-hybridized carbons (Fsp3) is 0.167. The molecule has 0 N–H and O–H groups in total. The largest absolute Gasteiger partial charge is 0.496 e. The summed E-state index contributed by atoms with van der Waals surface area (Å²) < 4.78 is 10.4. The lowest BCUT2D eigenvalue weighted by molar-refractivity contribution is 0.102. The highest BCUT2D eigenvalue weighted by Crippen LogP contribution is 2.30. The molecule has 88 valence electrons. The van der Waals surface area contributed by atoms with Crippen LogP contribution in [-0.2, 0) is 0 Å². The summed E-state index contributed by atoms with van der Waals surface area (Å²) in [6, 6.07) is 5.22. The van der Waals surface area contributed by atoms with Crippen LogP contribution in [0.5, 0.6) is 11.5 Å². The molecule has 0 radical (unpaired) electrons. The van der Waals surface area contributed by atoms with Crippen LogP contribution in [0.15, 0.2) is 29.1 Å². The molecule has 0 bridgehead atoms. The summed E-state index contributed by atoms with van der Waals surface area (Å²) >= 11 is 1.38. The van der Waals surface area contributed by atoms with E-state index in [4.69, 9.17) is 9.47 Å². The zero-order valence-electron chi connectivity index (χ0n) is 9.47. The van der Waals surface area contributed by atoms with Crippen LogP contribution in [0, 0.1) is 0 Å². The molecular formula is C12H11NO3S. The van der Waals surface area contributed by atoms with Crippen molar-refractivity contribution in [3.05, 3.63) is 40.3 Å². The van der Waals surface area contributed by atoms with Gasteiger partial charge in [-0.3, -0.25) is 4.79 Å². The van der Waals surface area contributed by atoms with Crippen LogP contribution in [0.1, 0.15) is 16.1 Å². The molecule has 0 aliphatic heterocycles. The number of thiazole rings is 1. The summed E-state index contributed by atoms with van der Waals surface area (Å²) in [5.74, 6) is 0.783. The standard InChI is InChI=1S/C12H11NO3S/c1-15-9-4-3-5-10(16-2)11(9)12(14)8-6-17-7-13-8/h3-7H,1-2H3. The van der Waals surface area contributed by atoms with Crippen LogP contribution in [-0.4, -0.2) is 25.0 Å². The summed E-state index contributed by atoms with van der Waals surface area (Å²) in [6.45, 7) is 0. The normalized spacial score (nSPS) is 10.0. The molecule has 5 heteroatoms. The van der Waals surface area contributed by atoms with Gasteiger partial charge < -0.3 is 9.47 Å². The van der Waals surface area contributed by atoms with Gasteiger partial charge >= 0.3 is 0 Å². The Morgan fingerprint density at radius 1 is 1.24 bits per heavy atom. The van der Waals surface area contributed by atoms with Gasteiger partial charge in [0.1, 0.15) is 22.8 Å². The van der Waals surface area contributed by atoms with Crippen molar-refractivity contribution in [3.63, 3.8) is 0 Å². The zero-order chi connectivity index (χ0) is 12.3. The summed E-state index contributed by atoms with van der Waals surface area (Å²) in [4.78, 5) is 16.3. The van der Waals surface area contributed by atoms with E-state index in [2.05, 4.69) is 4.98 Å². The summed E-state index contributed by atoms with van der Waals surface area (Å²) in [7, 11) is 3.04. The van der Waals surface area contributed by atoms with Gasteiger partial charge in [-0.1, -0.05) is 6.07 Å². The Kier molecular flexibility index (Phi) is 3.39. The molecule has 1 aromatic heterocycles. The van der Waals surface area contributed by atoms with E-state index in [9.17, 15) is 4.79 Å². The van der Waals surface area contributed by atoms with Gasteiger partial charge in [0.2, 0.25) is 5.78 Å². The lowest BCUT2D eigenvalue weighted by atomic mass is 10.1. The maximum Gasteiger partial charge on any atom is 0.219 e. The first-order chi connectivity index (χ1) is 8.27. The molecule has 2 aromatic rings. The molecular weight excluding hydrogens is 238 g/mol. The highest BCUT2D eigenvalue weighted by Gasteiger charge is 2.20. The maximum atomic E-state index is 12.3. The molecule has 4 nitrogen and oxygen atoms in total. The van der Waals surface area contributed by atoms with Crippen molar-refractivity contribution in [2.75, 3.05) is 14.2 Å². The summed E-state index contributed by atoms with van der Waals surface area (Å²) in [5, 5.41) is 1.70. The molecule has 0 unspecified atom stereocenters. The van der Waals surface area contributed by atoms with E-state index in [1.165, 1.54) is 25.6 Å². The van der Waals surface area contributed by atoms with Crippen molar-refractivity contribution < 1.29 is 14.3 Å². The van der Waals surface area contributed by atoms with Gasteiger partial charge in [0.15, 0.2) is 0 Å². The molecule has 0 fully saturated rings. The number of aromatic nitrogens is 1. The van der Waals surface area contributed by atoms with Crippen LogP contribution in [0.2, 0.25) is 0 Å². The number of rotatable bonds is 4. The second kappa shape index (κ2) is 4.97. The topological polar surface area (TPSA) is 48.4 Å². The lowest BCUT2D eigenvalue weighted by Gasteiger charge is -2.10.